The van der Waals surface area contributed by atoms with Gasteiger partial charge in [0.15, 0.2) is 11.7 Å². The number of aliphatic imine (C=N–C) groups is 1. The van der Waals surface area contributed by atoms with E-state index in [1.807, 2.05) is 27.7 Å². The zero-order valence-electron chi connectivity index (χ0n) is 17.5. The molecule has 3 rings (SSSR count). The fourth-order valence-corrected chi connectivity index (χ4v) is 3.49. The predicted octanol–water partition coefficient (Wildman–Crippen LogP) is 5.47. The number of nitrogens with zero attached hydrogens (tertiary/aromatic N) is 1. The molecular formula is C22H27Cl3N4O. The van der Waals surface area contributed by atoms with E-state index in [2.05, 4.69) is 20.9 Å². The Balaban J connectivity index is 0.000000215. The molecule has 0 amide bonds. The fraction of sp³-hybridized carbons (Fsp3) is 0.364. The molecule has 0 aliphatic carbocycles. The van der Waals surface area contributed by atoms with E-state index in [0.717, 1.165) is 19.0 Å². The van der Waals surface area contributed by atoms with Crippen molar-refractivity contribution in [2.45, 2.75) is 39.3 Å². The standard InChI is InChI=1S/C13H18ClNO.C9H9Cl2N3/c1-9(15-13(2,3)4)12(16)10-6-5-7-11(14)8-10;10-6-2-1-3-7(11)8(6)14-9-12-4-5-13-9/h5-9,15H,1-4H3;1-3H,4-5H2,(H2,12,13,14). The highest BCUT2D eigenvalue weighted by Gasteiger charge is 2.20. The third kappa shape index (κ3) is 7.80. The van der Waals surface area contributed by atoms with Crippen LogP contribution in [0.3, 0.4) is 0 Å². The Morgan fingerprint density at radius 3 is 2.13 bits per heavy atom. The van der Waals surface area contributed by atoms with E-state index in [1.54, 1.807) is 42.5 Å². The molecule has 3 N–H and O–H groups in total. The van der Waals surface area contributed by atoms with Gasteiger partial charge in [-0.1, -0.05) is 53.0 Å². The predicted molar refractivity (Wildman–Crippen MR) is 128 cm³/mol. The average Bonchev–Trinajstić information content (AvgIpc) is 3.17. The first kappa shape index (κ1) is 24.5. The molecule has 1 unspecified atom stereocenters. The number of benzene rings is 2. The molecule has 0 bridgehead atoms. The number of guanidine groups is 1. The van der Waals surface area contributed by atoms with Crippen molar-refractivity contribution in [3.63, 3.8) is 0 Å². The normalized spacial score (nSPS) is 14.2. The van der Waals surface area contributed by atoms with Crippen molar-refractivity contribution in [1.82, 2.24) is 16.0 Å². The number of hydrogen-bond acceptors (Lipinski definition) is 3. The third-order valence-electron chi connectivity index (χ3n) is 4.02. The lowest BCUT2D eigenvalue weighted by molar-refractivity contribution is 0.0935. The summed E-state index contributed by atoms with van der Waals surface area (Å²) in [5, 5.41) is 11.1. The molecule has 1 saturated heterocycles. The molecule has 5 nitrogen and oxygen atoms in total. The molecule has 1 atom stereocenters. The zero-order chi connectivity index (χ0) is 22.3. The van der Waals surface area contributed by atoms with Gasteiger partial charge in [-0.15, -0.1) is 0 Å². The molecule has 1 aliphatic heterocycles. The smallest absolute Gasteiger partial charge is 0.196 e. The van der Waals surface area contributed by atoms with Crippen LogP contribution >= 0.6 is 34.8 Å². The van der Waals surface area contributed by atoms with Crippen molar-refractivity contribution in [1.29, 1.82) is 0 Å². The van der Waals surface area contributed by atoms with Crippen molar-refractivity contribution >= 4 is 52.2 Å². The molecular weight excluding hydrogens is 443 g/mol. The Kier molecular flexibility index (Phi) is 8.98. The highest BCUT2D eigenvalue weighted by molar-refractivity contribution is 6.38. The summed E-state index contributed by atoms with van der Waals surface area (Å²) in [5.41, 5.74) is 1.18. The second-order valence-corrected chi connectivity index (χ2v) is 9.13. The summed E-state index contributed by atoms with van der Waals surface area (Å²) in [7, 11) is 0. The summed E-state index contributed by atoms with van der Waals surface area (Å²) in [6, 6.07) is 12.2. The summed E-state index contributed by atoms with van der Waals surface area (Å²) in [6.45, 7) is 9.73. The molecule has 0 spiro atoms. The number of nitrogens with one attached hydrogen (secondary N) is 3. The molecule has 2 aromatic rings. The van der Waals surface area contributed by atoms with Gasteiger partial charge in [0.2, 0.25) is 0 Å². The molecule has 1 fully saturated rings. The summed E-state index contributed by atoms with van der Waals surface area (Å²) in [4.78, 5) is 16.3. The minimum Gasteiger partial charge on any atom is -0.354 e. The lowest BCUT2D eigenvalue weighted by atomic mass is 10.0. The maximum atomic E-state index is 12.1. The van der Waals surface area contributed by atoms with Gasteiger partial charge in [0.25, 0.3) is 0 Å². The molecule has 0 saturated carbocycles. The maximum Gasteiger partial charge on any atom is 0.196 e. The van der Waals surface area contributed by atoms with Crippen LogP contribution in [0.15, 0.2) is 47.5 Å². The van der Waals surface area contributed by atoms with Crippen LogP contribution in [0, 0.1) is 0 Å². The van der Waals surface area contributed by atoms with Gasteiger partial charge in [-0.25, -0.2) is 4.99 Å². The van der Waals surface area contributed by atoms with Crippen molar-refractivity contribution in [3.05, 3.63) is 63.1 Å². The quantitative estimate of drug-likeness (QED) is 0.519. The second-order valence-electron chi connectivity index (χ2n) is 7.87. The van der Waals surface area contributed by atoms with Gasteiger partial charge in [0.05, 0.1) is 16.1 Å². The van der Waals surface area contributed by atoms with Crippen LogP contribution in [0.2, 0.25) is 15.1 Å². The highest BCUT2D eigenvalue weighted by atomic mass is 35.5. The highest BCUT2D eigenvalue weighted by Crippen LogP contribution is 2.32. The third-order valence-corrected chi connectivity index (χ3v) is 4.87. The van der Waals surface area contributed by atoms with Gasteiger partial charge in [0.1, 0.15) is 5.69 Å². The summed E-state index contributed by atoms with van der Waals surface area (Å²) < 4.78 is 0. The lowest BCUT2D eigenvalue weighted by Crippen LogP contribution is -2.46. The first-order chi connectivity index (χ1) is 14.1. The van der Waals surface area contributed by atoms with Crippen LogP contribution in [0.5, 0.6) is 0 Å². The van der Waals surface area contributed by atoms with Crippen LogP contribution in [0.25, 0.3) is 0 Å². The summed E-state index contributed by atoms with van der Waals surface area (Å²) in [5.74, 6) is 0.789. The van der Waals surface area contributed by atoms with Gasteiger partial charge >= 0.3 is 0 Å². The Morgan fingerprint density at radius 1 is 1.03 bits per heavy atom. The fourth-order valence-electron chi connectivity index (χ4n) is 2.82. The number of Topliss-reactive ketones (excluding diaryl/α,β-unsaturated/α-hetero) is 1. The molecule has 30 heavy (non-hydrogen) atoms. The van der Waals surface area contributed by atoms with Gasteiger partial charge in [-0.3, -0.25) is 4.79 Å². The second kappa shape index (κ2) is 11.0. The molecule has 0 radical (unpaired) electrons. The first-order valence-electron chi connectivity index (χ1n) is 9.65. The van der Waals surface area contributed by atoms with E-state index in [9.17, 15) is 4.79 Å². The lowest BCUT2D eigenvalue weighted by Gasteiger charge is -2.25. The van der Waals surface area contributed by atoms with E-state index in [0.29, 0.717) is 26.3 Å². The molecule has 162 valence electrons. The van der Waals surface area contributed by atoms with Crippen LogP contribution in [0.4, 0.5) is 5.69 Å². The molecule has 2 aromatic carbocycles. The van der Waals surface area contributed by atoms with E-state index in [1.165, 1.54) is 0 Å². The number of ketones is 1. The summed E-state index contributed by atoms with van der Waals surface area (Å²) >= 11 is 17.8. The minimum atomic E-state index is -0.210. The Morgan fingerprint density at radius 2 is 1.60 bits per heavy atom. The molecule has 8 heteroatoms. The number of halogens is 3. The van der Waals surface area contributed by atoms with Gasteiger partial charge in [0, 0.05) is 29.2 Å². The Bertz CT molecular complexity index is 881. The Labute approximate surface area is 193 Å². The largest absolute Gasteiger partial charge is 0.354 e. The van der Waals surface area contributed by atoms with Gasteiger partial charge < -0.3 is 16.0 Å². The van der Waals surface area contributed by atoms with Gasteiger partial charge in [-0.2, -0.15) is 0 Å². The number of rotatable bonds is 4. The van der Waals surface area contributed by atoms with E-state index < -0.39 is 0 Å². The van der Waals surface area contributed by atoms with E-state index >= 15 is 0 Å². The topological polar surface area (TPSA) is 65.5 Å². The minimum absolute atomic E-state index is 0.0671. The van der Waals surface area contributed by atoms with Crippen molar-refractivity contribution in [2.24, 2.45) is 4.99 Å². The average molecular weight is 470 g/mol. The number of para-hydroxylation sites is 1. The Hall–Kier alpha value is -1.79. The summed E-state index contributed by atoms with van der Waals surface area (Å²) in [6.07, 6.45) is 0. The maximum absolute atomic E-state index is 12.1. The molecule has 1 aliphatic rings. The van der Waals surface area contributed by atoms with E-state index in [4.69, 9.17) is 34.8 Å². The molecule has 0 aromatic heterocycles. The monoisotopic (exact) mass is 468 g/mol. The number of hydrogen-bond donors (Lipinski definition) is 3. The number of carbonyl (C=O) groups excluding carboxylic acids is 1. The first-order valence-corrected chi connectivity index (χ1v) is 10.8. The van der Waals surface area contributed by atoms with Crippen LogP contribution in [-0.4, -0.2) is 36.4 Å². The van der Waals surface area contributed by atoms with Crippen LogP contribution in [0.1, 0.15) is 38.1 Å². The molecule has 1 heterocycles. The van der Waals surface area contributed by atoms with Crippen LogP contribution < -0.4 is 16.0 Å². The zero-order valence-corrected chi connectivity index (χ0v) is 19.8. The van der Waals surface area contributed by atoms with Crippen molar-refractivity contribution in [3.8, 4) is 0 Å². The van der Waals surface area contributed by atoms with Crippen molar-refractivity contribution < 1.29 is 4.79 Å². The van der Waals surface area contributed by atoms with Crippen molar-refractivity contribution in [2.75, 3.05) is 13.1 Å². The van der Waals surface area contributed by atoms with Crippen LogP contribution in [-0.2, 0) is 0 Å². The SMILES string of the molecule is CC(NC(C)(C)C)C(=O)c1cccc(Cl)c1.Clc1cccc(Cl)c1N=C1NCCN1. The number of carbonyl (C=O) groups is 1. The van der Waals surface area contributed by atoms with E-state index in [-0.39, 0.29) is 17.4 Å². The van der Waals surface area contributed by atoms with Gasteiger partial charge in [-0.05, 0) is 52.0 Å².